The van der Waals surface area contributed by atoms with Crippen molar-refractivity contribution in [3.05, 3.63) is 30.3 Å². The molecule has 0 saturated carbocycles. The van der Waals surface area contributed by atoms with Gasteiger partial charge in [-0.15, -0.1) is 0 Å². The maximum Gasteiger partial charge on any atom is 0.318 e. The normalized spacial score (nSPS) is 25.6. The van der Waals surface area contributed by atoms with Gasteiger partial charge >= 0.3 is 13.5 Å². The lowest BCUT2D eigenvalue weighted by atomic mass is 10.3. The van der Waals surface area contributed by atoms with Crippen molar-refractivity contribution in [2.24, 2.45) is 0 Å². The molecule has 1 atom stereocenters. The average molecular weight is 269 g/mol. The van der Waals surface area contributed by atoms with E-state index in [9.17, 15) is 9.36 Å². The zero-order chi connectivity index (χ0) is 13.0. The van der Waals surface area contributed by atoms with Crippen LogP contribution in [-0.4, -0.2) is 35.4 Å². The molecule has 0 bridgehead atoms. The highest BCUT2D eigenvalue weighted by Gasteiger charge is 2.36. The van der Waals surface area contributed by atoms with Crippen molar-refractivity contribution >= 4 is 18.8 Å². The molecule has 0 amide bonds. The molecule has 0 aromatic heterocycles. The summed E-state index contributed by atoms with van der Waals surface area (Å²) in [5.74, 6) is -0.989. The standard InChI is InChI=1S/C12H16NO4P/c14-12(15)10-13-8-4-5-9-17-18(13,16)11-6-2-1-3-7-11/h1-3,6-7H,4-5,8-10H2,(H,14,15). The van der Waals surface area contributed by atoms with E-state index in [1.807, 2.05) is 6.07 Å². The number of hydrogen-bond acceptors (Lipinski definition) is 3. The zero-order valence-corrected chi connectivity index (χ0v) is 10.9. The first-order valence-electron chi connectivity index (χ1n) is 5.90. The highest BCUT2D eigenvalue weighted by atomic mass is 31.2. The number of rotatable bonds is 3. The summed E-state index contributed by atoms with van der Waals surface area (Å²) in [6, 6.07) is 8.83. The van der Waals surface area contributed by atoms with E-state index in [0.717, 1.165) is 12.8 Å². The molecule has 1 aliphatic rings. The van der Waals surface area contributed by atoms with Crippen LogP contribution < -0.4 is 5.30 Å². The van der Waals surface area contributed by atoms with Gasteiger partial charge in [0.15, 0.2) is 0 Å². The van der Waals surface area contributed by atoms with Gasteiger partial charge in [-0.1, -0.05) is 18.2 Å². The van der Waals surface area contributed by atoms with Crippen LogP contribution in [0, 0.1) is 0 Å². The van der Waals surface area contributed by atoms with Gasteiger partial charge in [-0.3, -0.25) is 9.36 Å². The lowest BCUT2D eigenvalue weighted by Crippen LogP contribution is -2.31. The smallest absolute Gasteiger partial charge is 0.318 e. The van der Waals surface area contributed by atoms with E-state index in [2.05, 4.69) is 0 Å². The Morgan fingerprint density at radius 1 is 1.33 bits per heavy atom. The van der Waals surface area contributed by atoms with Gasteiger partial charge in [0.05, 0.1) is 11.9 Å². The third-order valence-electron chi connectivity index (χ3n) is 2.85. The van der Waals surface area contributed by atoms with Gasteiger partial charge in [-0.05, 0) is 25.0 Å². The lowest BCUT2D eigenvalue weighted by Gasteiger charge is -2.27. The van der Waals surface area contributed by atoms with Gasteiger partial charge < -0.3 is 9.63 Å². The van der Waals surface area contributed by atoms with Crippen LogP contribution in [0.25, 0.3) is 0 Å². The number of benzene rings is 1. The van der Waals surface area contributed by atoms with E-state index in [4.69, 9.17) is 9.63 Å². The zero-order valence-electron chi connectivity index (χ0n) is 9.99. The Morgan fingerprint density at radius 2 is 2.06 bits per heavy atom. The number of carbonyl (C=O) groups is 1. The van der Waals surface area contributed by atoms with Gasteiger partial charge in [0.2, 0.25) is 0 Å². The van der Waals surface area contributed by atoms with Crippen LogP contribution in [0.15, 0.2) is 30.3 Å². The quantitative estimate of drug-likeness (QED) is 0.846. The van der Waals surface area contributed by atoms with Crippen molar-refractivity contribution in [3.8, 4) is 0 Å². The van der Waals surface area contributed by atoms with Gasteiger partial charge in [-0.25, -0.2) is 4.67 Å². The van der Waals surface area contributed by atoms with Crippen molar-refractivity contribution in [1.82, 2.24) is 4.67 Å². The molecule has 0 spiro atoms. The molecule has 6 heteroatoms. The summed E-state index contributed by atoms with van der Waals surface area (Å²) >= 11 is 0. The molecule has 1 fully saturated rings. The van der Waals surface area contributed by atoms with Crippen molar-refractivity contribution in [2.45, 2.75) is 12.8 Å². The molecular weight excluding hydrogens is 253 g/mol. The average Bonchev–Trinajstić information content (AvgIpc) is 2.54. The maximum absolute atomic E-state index is 13.0. The van der Waals surface area contributed by atoms with E-state index in [-0.39, 0.29) is 6.54 Å². The molecule has 1 N–H and O–H groups in total. The van der Waals surface area contributed by atoms with Crippen LogP contribution in [0.3, 0.4) is 0 Å². The SMILES string of the molecule is O=C(O)CN1CCCCOP1(=O)c1ccccc1. The number of nitrogens with zero attached hydrogens (tertiary/aromatic N) is 1. The fourth-order valence-electron chi connectivity index (χ4n) is 1.98. The molecule has 5 nitrogen and oxygen atoms in total. The van der Waals surface area contributed by atoms with Crippen LogP contribution in [0.2, 0.25) is 0 Å². The van der Waals surface area contributed by atoms with Crippen LogP contribution in [-0.2, 0) is 13.9 Å². The molecule has 1 aliphatic heterocycles. The Morgan fingerprint density at radius 3 is 2.72 bits per heavy atom. The first-order valence-corrected chi connectivity index (χ1v) is 7.48. The molecular formula is C12H16NO4P. The Balaban J connectivity index is 2.35. The van der Waals surface area contributed by atoms with Gasteiger partial charge in [0, 0.05) is 6.54 Å². The highest BCUT2D eigenvalue weighted by Crippen LogP contribution is 2.50. The molecule has 18 heavy (non-hydrogen) atoms. The Kier molecular flexibility index (Phi) is 4.17. The third-order valence-corrected chi connectivity index (χ3v) is 5.42. The summed E-state index contributed by atoms with van der Waals surface area (Å²) in [5, 5.41) is 9.48. The van der Waals surface area contributed by atoms with E-state index in [1.165, 1.54) is 4.67 Å². The fraction of sp³-hybridized carbons (Fsp3) is 0.417. The van der Waals surface area contributed by atoms with Crippen LogP contribution in [0.5, 0.6) is 0 Å². The minimum atomic E-state index is -3.22. The monoisotopic (exact) mass is 269 g/mol. The van der Waals surface area contributed by atoms with E-state index >= 15 is 0 Å². The fourth-order valence-corrected chi connectivity index (χ4v) is 4.26. The molecule has 1 aromatic carbocycles. The summed E-state index contributed by atoms with van der Waals surface area (Å²) in [6.07, 6.45) is 1.59. The third kappa shape index (κ3) is 2.80. The summed E-state index contributed by atoms with van der Waals surface area (Å²) < 4.78 is 19.9. The highest BCUT2D eigenvalue weighted by molar-refractivity contribution is 7.64. The molecule has 0 aliphatic carbocycles. The number of carboxylic acids is 1. The Labute approximate surface area is 106 Å². The first-order chi connectivity index (χ1) is 8.63. The van der Waals surface area contributed by atoms with Crippen molar-refractivity contribution in [1.29, 1.82) is 0 Å². The van der Waals surface area contributed by atoms with Crippen LogP contribution in [0.4, 0.5) is 0 Å². The predicted molar refractivity (Wildman–Crippen MR) is 68.1 cm³/mol. The molecule has 0 radical (unpaired) electrons. The minimum absolute atomic E-state index is 0.258. The van der Waals surface area contributed by atoms with Crippen molar-refractivity contribution in [3.63, 3.8) is 0 Å². The summed E-state index contributed by atoms with van der Waals surface area (Å²) in [4.78, 5) is 10.9. The first kappa shape index (κ1) is 13.3. The largest absolute Gasteiger partial charge is 0.480 e. The molecule has 1 heterocycles. The van der Waals surface area contributed by atoms with E-state index in [1.54, 1.807) is 24.3 Å². The molecule has 1 saturated heterocycles. The van der Waals surface area contributed by atoms with Crippen LogP contribution >= 0.6 is 7.52 Å². The summed E-state index contributed by atoms with van der Waals surface area (Å²) in [5.41, 5.74) is 0. The predicted octanol–water partition coefficient (Wildman–Crippen LogP) is 1.70. The second-order valence-corrected chi connectivity index (χ2v) is 6.56. The Bertz CT molecular complexity index is 462. The van der Waals surface area contributed by atoms with Gasteiger partial charge in [0.1, 0.15) is 6.54 Å². The van der Waals surface area contributed by atoms with Crippen molar-refractivity contribution < 1.29 is 19.0 Å². The van der Waals surface area contributed by atoms with Crippen molar-refractivity contribution in [2.75, 3.05) is 19.7 Å². The summed E-state index contributed by atoms with van der Waals surface area (Å²) in [6.45, 7) is 0.632. The number of aliphatic carboxylic acids is 1. The molecule has 2 rings (SSSR count). The van der Waals surface area contributed by atoms with Gasteiger partial charge in [-0.2, -0.15) is 0 Å². The van der Waals surface area contributed by atoms with E-state index < -0.39 is 13.5 Å². The van der Waals surface area contributed by atoms with Crippen LogP contribution in [0.1, 0.15) is 12.8 Å². The number of hydrogen-bond donors (Lipinski definition) is 1. The Hall–Kier alpha value is -1.16. The molecule has 1 unspecified atom stereocenters. The second-order valence-electron chi connectivity index (χ2n) is 4.18. The molecule has 1 aromatic rings. The van der Waals surface area contributed by atoms with Gasteiger partial charge in [0.25, 0.3) is 0 Å². The number of carboxylic acid groups (broad SMARTS) is 1. The lowest BCUT2D eigenvalue weighted by molar-refractivity contribution is -0.137. The minimum Gasteiger partial charge on any atom is -0.480 e. The topological polar surface area (TPSA) is 66.8 Å². The molecule has 98 valence electrons. The second kappa shape index (κ2) is 5.65. The maximum atomic E-state index is 13.0. The summed E-state index contributed by atoms with van der Waals surface area (Å²) in [7, 11) is -3.22. The van der Waals surface area contributed by atoms with E-state index in [0.29, 0.717) is 18.5 Å².